The van der Waals surface area contributed by atoms with Gasteiger partial charge >= 0.3 is 0 Å². The molecule has 2 aliphatic rings. The summed E-state index contributed by atoms with van der Waals surface area (Å²) in [5, 5.41) is 7.66. The number of carbonyl (C=O) groups is 1. The minimum Gasteiger partial charge on any atom is -0.492 e. The Morgan fingerprint density at radius 2 is 2.09 bits per heavy atom. The summed E-state index contributed by atoms with van der Waals surface area (Å²) in [7, 11) is 4.02. The van der Waals surface area contributed by atoms with E-state index >= 15 is 0 Å². The number of benzene rings is 2. The lowest BCUT2D eigenvalue weighted by Crippen LogP contribution is -2.48. The van der Waals surface area contributed by atoms with Gasteiger partial charge in [0.15, 0.2) is 0 Å². The Balaban J connectivity index is 1.39. The molecule has 1 aromatic heterocycles. The van der Waals surface area contributed by atoms with E-state index in [0.717, 1.165) is 59.3 Å². The van der Waals surface area contributed by atoms with Crippen molar-refractivity contribution in [1.82, 2.24) is 15.2 Å². The Morgan fingerprint density at radius 3 is 2.78 bits per heavy atom. The summed E-state index contributed by atoms with van der Waals surface area (Å²) in [6.45, 7) is 3.75. The van der Waals surface area contributed by atoms with E-state index < -0.39 is 0 Å². The van der Waals surface area contributed by atoms with E-state index in [2.05, 4.69) is 39.7 Å². The van der Waals surface area contributed by atoms with Gasteiger partial charge in [-0.1, -0.05) is 12.1 Å². The number of likely N-dealkylation sites (tertiary alicyclic amines) is 1. The Morgan fingerprint density at radius 1 is 1.25 bits per heavy atom. The van der Waals surface area contributed by atoms with Crippen LogP contribution >= 0.6 is 0 Å². The summed E-state index contributed by atoms with van der Waals surface area (Å²) < 4.78 is 6.01. The molecule has 1 unspecified atom stereocenters. The molecule has 1 saturated heterocycles. The summed E-state index contributed by atoms with van der Waals surface area (Å²) in [4.78, 5) is 20.2. The molecule has 1 aliphatic carbocycles. The summed E-state index contributed by atoms with van der Waals surface area (Å²) >= 11 is 0. The SMILES string of the molecule is CNc1cc(C2(NC(=O)c3cc(OCC4CCN4C)ccc3C)CC2)c2cccnc2c1. The van der Waals surface area contributed by atoms with Crippen molar-refractivity contribution in [2.75, 3.05) is 32.6 Å². The van der Waals surface area contributed by atoms with Gasteiger partial charge in [-0.2, -0.15) is 0 Å². The highest BCUT2D eigenvalue weighted by Gasteiger charge is 2.47. The number of ether oxygens (including phenoxy) is 1. The normalized spacial score (nSPS) is 19.3. The maximum absolute atomic E-state index is 13.4. The number of carbonyl (C=O) groups excluding carboxylic acids is 1. The fraction of sp³-hybridized carbons (Fsp3) is 0.385. The van der Waals surface area contributed by atoms with Crippen LogP contribution in [0.25, 0.3) is 10.9 Å². The molecular formula is C26H30N4O2. The second kappa shape index (κ2) is 8.10. The number of pyridine rings is 1. The molecule has 0 bridgehead atoms. The number of aromatic nitrogens is 1. The average molecular weight is 431 g/mol. The lowest BCUT2D eigenvalue weighted by Gasteiger charge is -2.37. The van der Waals surface area contributed by atoms with Crippen LogP contribution in [0.2, 0.25) is 0 Å². The topological polar surface area (TPSA) is 66.5 Å². The molecular weight excluding hydrogens is 400 g/mol. The number of hydrogen-bond acceptors (Lipinski definition) is 5. The van der Waals surface area contributed by atoms with Crippen LogP contribution in [0, 0.1) is 6.92 Å². The van der Waals surface area contributed by atoms with Gasteiger partial charge in [-0.05, 0) is 81.2 Å². The number of likely N-dealkylation sites (N-methyl/N-ethyl adjacent to an activating group) is 1. The third-order valence-electron chi connectivity index (χ3n) is 6.96. The summed E-state index contributed by atoms with van der Waals surface area (Å²) in [6.07, 6.45) is 4.80. The molecule has 0 radical (unpaired) electrons. The lowest BCUT2D eigenvalue weighted by atomic mass is 9.97. The zero-order valence-electron chi connectivity index (χ0n) is 18.9. The highest BCUT2D eigenvalue weighted by molar-refractivity contribution is 5.97. The maximum atomic E-state index is 13.4. The fourth-order valence-electron chi connectivity index (χ4n) is 4.50. The van der Waals surface area contributed by atoms with Gasteiger partial charge in [-0.15, -0.1) is 0 Å². The molecule has 2 N–H and O–H groups in total. The smallest absolute Gasteiger partial charge is 0.252 e. The molecule has 5 rings (SSSR count). The zero-order valence-corrected chi connectivity index (χ0v) is 18.9. The quantitative estimate of drug-likeness (QED) is 0.591. The summed E-state index contributed by atoms with van der Waals surface area (Å²) in [5.74, 6) is 0.691. The van der Waals surface area contributed by atoms with Gasteiger partial charge in [0.2, 0.25) is 0 Å². The zero-order chi connectivity index (χ0) is 22.3. The Labute approximate surface area is 189 Å². The molecule has 32 heavy (non-hydrogen) atoms. The van der Waals surface area contributed by atoms with Gasteiger partial charge in [0, 0.05) is 35.9 Å². The minimum atomic E-state index is -0.358. The van der Waals surface area contributed by atoms with Gasteiger partial charge in [0.1, 0.15) is 12.4 Å². The number of nitrogens with zero attached hydrogens (tertiary/aromatic N) is 2. The molecule has 2 fully saturated rings. The number of amides is 1. The Kier molecular flexibility index (Phi) is 5.25. The van der Waals surface area contributed by atoms with Crippen molar-refractivity contribution in [2.45, 2.75) is 37.8 Å². The van der Waals surface area contributed by atoms with E-state index in [0.29, 0.717) is 18.2 Å². The van der Waals surface area contributed by atoms with Crippen molar-refractivity contribution >= 4 is 22.5 Å². The average Bonchev–Trinajstić information content (AvgIpc) is 3.58. The Bertz CT molecular complexity index is 1170. The van der Waals surface area contributed by atoms with Crippen LogP contribution in [0.15, 0.2) is 48.7 Å². The van der Waals surface area contributed by atoms with Gasteiger partial charge in [-0.25, -0.2) is 0 Å². The van der Waals surface area contributed by atoms with E-state index in [1.807, 2.05) is 44.3 Å². The van der Waals surface area contributed by atoms with Gasteiger partial charge in [-0.3, -0.25) is 14.7 Å². The van der Waals surface area contributed by atoms with Crippen molar-refractivity contribution in [3.05, 3.63) is 65.4 Å². The van der Waals surface area contributed by atoms with E-state index in [1.54, 1.807) is 6.20 Å². The van der Waals surface area contributed by atoms with Crippen molar-refractivity contribution in [2.24, 2.45) is 0 Å². The fourth-order valence-corrected chi connectivity index (χ4v) is 4.50. The van der Waals surface area contributed by atoms with Gasteiger partial charge < -0.3 is 15.4 Å². The monoisotopic (exact) mass is 430 g/mol. The van der Waals surface area contributed by atoms with Gasteiger partial charge in [0.05, 0.1) is 11.1 Å². The maximum Gasteiger partial charge on any atom is 0.252 e. The number of aryl methyl sites for hydroxylation is 1. The third kappa shape index (κ3) is 3.79. The lowest BCUT2D eigenvalue weighted by molar-refractivity contribution is 0.0767. The highest BCUT2D eigenvalue weighted by Crippen LogP contribution is 2.48. The molecule has 6 nitrogen and oxygen atoms in total. The second-order valence-corrected chi connectivity index (χ2v) is 9.09. The largest absolute Gasteiger partial charge is 0.492 e. The van der Waals surface area contributed by atoms with Crippen molar-refractivity contribution < 1.29 is 9.53 Å². The first-order chi connectivity index (χ1) is 15.5. The summed E-state index contributed by atoms with van der Waals surface area (Å²) in [5.41, 5.74) is 4.31. The van der Waals surface area contributed by atoms with Crippen LogP contribution in [-0.4, -0.2) is 49.1 Å². The number of rotatable bonds is 7. The van der Waals surface area contributed by atoms with Crippen molar-refractivity contribution in [1.29, 1.82) is 0 Å². The van der Waals surface area contributed by atoms with Crippen molar-refractivity contribution in [3.63, 3.8) is 0 Å². The molecule has 3 aromatic rings. The summed E-state index contributed by atoms with van der Waals surface area (Å²) in [6, 6.07) is 14.5. The first-order valence-corrected chi connectivity index (χ1v) is 11.3. The second-order valence-electron chi connectivity index (χ2n) is 9.09. The van der Waals surface area contributed by atoms with Crippen LogP contribution < -0.4 is 15.4 Å². The van der Waals surface area contributed by atoms with Crippen molar-refractivity contribution in [3.8, 4) is 5.75 Å². The van der Waals surface area contributed by atoms with Crippen LogP contribution in [-0.2, 0) is 5.54 Å². The van der Waals surface area contributed by atoms with Crippen LogP contribution in [0.3, 0.4) is 0 Å². The molecule has 6 heteroatoms. The Hall–Kier alpha value is -3.12. The van der Waals surface area contributed by atoms with E-state index in [-0.39, 0.29) is 11.4 Å². The van der Waals surface area contributed by atoms with Crippen LogP contribution in [0.1, 0.15) is 40.7 Å². The molecule has 1 atom stereocenters. The first-order valence-electron chi connectivity index (χ1n) is 11.3. The molecule has 2 heterocycles. The van der Waals surface area contributed by atoms with Crippen LogP contribution in [0.5, 0.6) is 5.75 Å². The van der Waals surface area contributed by atoms with Gasteiger partial charge in [0.25, 0.3) is 5.91 Å². The molecule has 166 valence electrons. The standard InChI is InChI=1S/C26H30N4O2/c1-17-6-7-20(32-16-19-8-12-30(19)3)15-22(17)25(31)29-26(9-10-26)23-13-18(27-2)14-24-21(23)5-4-11-28-24/h4-7,11,13-15,19,27H,8-10,12,16H2,1-3H3,(H,29,31). The number of hydrogen-bond donors (Lipinski definition) is 2. The molecule has 2 aromatic carbocycles. The predicted octanol–water partition coefficient (Wildman–Crippen LogP) is 4.09. The first kappa shape index (κ1) is 20.8. The molecule has 1 aliphatic heterocycles. The van der Waals surface area contributed by atoms with E-state index in [4.69, 9.17) is 4.74 Å². The molecule has 0 spiro atoms. The molecule has 1 amide bonds. The molecule has 1 saturated carbocycles. The predicted molar refractivity (Wildman–Crippen MR) is 127 cm³/mol. The minimum absolute atomic E-state index is 0.0573. The van der Waals surface area contributed by atoms with E-state index in [1.165, 1.54) is 0 Å². The third-order valence-corrected chi connectivity index (χ3v) is 6.96. The van der Waals surface area contributed by atoms with E-state index in [9.17, 15) is 4.79 Å². The number of fused-ring (bicyclic) bond motifs is 1. The highest BCUT2D eigenvalue weighted by atomic mass is 16.5. The van der Waals surface area contributed by atoms with Crippen LogP contribution in [0.4, 0.5) is 5.69 Å². The number of nitrogens with one attached hydrogen (secondary N) is 2. The number of anilines is 1.